The molecular formula is C21H21F2N3O3S. The highest BCUT2D eigenvalue weighted by Crippen LogP contribution is 2.30. The van der Waals surface area contributed by atoms with Crippen LogP contribution in [0.15, 0.2) is 42.5 Å². The van der Waals surface area contributed by atoms with Crippen molar-refractivity contribution in [2.75, 3.05) is 24.7 Å². The van der Waals surface area contributed by atoms with Crippen LogP contribution in [0.2, 0.25) is 0 Å². The summed E-state index contributed by atoms with van der Waals surface area (Å²) in [5, 5.41) is 3.28. The van der Waals surface area contributed by atoms with Crippen LogP contribution in [-0.4, -0.2) is 43.0 Å². The molecule has 1 unspecified atom stereocenters. The lowest BCUT2D eigenvalue weighted by Gasteiger charge is -2.31. The highest BCUT2D eigenvalue weighted by Gasteiger charge is 2.27. The smallest absolute Gasteiger partial charge is 0.272 e. The van der Waals surface area contributed by atoms with Crippen molar-refractivity contribution in [3.05, 3.63) is 65.4 Å². The molecule has 4 rings (SSSR count). The van der Waals surface area contributed by atoms with Gasteiger partial charge in [-0.1, -0.05) is 6.07 Å². The van der Waals surface area contributed by atoms with Crippen LogP contribution in [0.5, 0.6) is 0 Å². The van der Waals surface area contributed by atoms with Crippen LogP contribution in [0.4, 0.5) is 14.5 Å². The normalized spacial score (nSPS) is 17.9. The van der Waals surface area contributed by atoms with E-state index in [0.717, 1.165) is 47.5 Å². The molecule has 1 atom stereocenters. The standard InChI is InChI=1S/C21H21F2N3O3S/c1-30(28,29)26-6-2-3-14(12-26)13-4-5-19-15(7-13)8-20(25-19)21(27)24-18-10-16(22)9-17(23)11-18/h4-5,7-11,14,25H,2-3,6,12H2,1H3,(H,24,27). The third-order valence-electron chi connectivity index (χ3n) is 5.33. The molecule has 3 aromatic rings. The van der Waals surface area contributed by atoms with Crippen molar-refractivity contribution >= 4 is 32.5 Å². The van der Waals surface area contributed by atoms with Gasteiger partial charge < -0.3 is 10.3 Å². The molecule has 2 N–H and O–H groups in total. The number of rotatable bonds is 4. The van der Waals surface area contributed by atoms with Gasteiger partial charge in [0.15, 0.2) is 0 Å². The number of halogens is 2. The number of benzene rings is 2. The first kappa shape index (κ1) is 20.5. The van der Waals surface area contributed by atoms with Gasteiger partial charge in [-0.25, -0.2) is 21.5 Å². The number of anilines is 1. The van der Waals surface area contributed by atoms with Gasteiger partial charge in [0.25, 0.3) is 5.91 Å². The van der Waals surface area contributed by atoms with Crippen LogP contribution in [0.1, 0.15) is 34.8 Å². The fourth-order valence-electron chi connectivity index (χ4n) is 3.87. The van der Waals surface area contributed by atoms with Crippen molar-refractivity contribution in [2.24, 2.45) is 0 Å². The monoisotopic (exact) mass is 433 g/mol. The summed E-state index contributed by atoms with van der Waals surface area (Å²) in [6.45, 7) is 0.972. The Morgan fingerprint density at radius 1 is 1.13 bits per heavy atom. The minimum atomic E-state index is -3.23. The number of aromatic amines is 1. The van der Waals surface area contributed by atoms with E-state index in [4.69, 9.17) is 0 Å². The number of hydrogen-bond donors (Lipinski definition) is 2. The van der Waals surface area contributed by atoms with E-state index >= 15 is 0 Å². The van der Waals surface area contributed by atoms with Gasteiger partial charge in [0.2, 0.25) is 10.0 Å². The molecule has 0 aliphatic carbocycles. The molecule has 6 nitrogen and oxygen atoms in total. The summed E-state index contributed by atoms with van der Waals surface area (Å²) in [7, 11) is -3.23. The minimum absolute atomic E-state index is 0.0277. The summed E-state index contributed by atoms with van der Waals surface area (Å²) >= 11 is 0. The maximum atomic E-state index is 13.3. The van der Waals surface area contributed by atoms with E-state index in [1.807, 2.05) is 18.2 Å². The number of piperidine rings is 1. The van der Waals surface area contributed by atoms with Gasteiger partial charge in [0, 0.05) is 35.7 Å². The predicted octanol–water partition coefficient (Wildman–Crippen LogP) is 3.84. The number of nitrogens with one attached hydrogen (secondary N) is 2. The van der Waals surface area contributed by atoms with Crippen molar-refractivity contribution in [2.45, 2.75) is 18.8 Å². The maximum Gasteiger partial charge on any atom is 0.272 e. The minimum Gasteiger partial charge on any atom is -0.351 e. The van der Waals surface area contributed by atoms with Gasteiger partial charge in [0.05, 0.1) is 6.26 Å². The highest BCUT2D eigenvalue weighted by molar-refractivity contribution is 7.88. The van der Waals surface area contributed by atoms with Crippen molar-refractivity contribution < 1.29 is 22.0 Å². The Morgan fingerprint density at radius 3 is 2.57 bits per heavy atom. The van der Waals surface area contributed by atoms with Crippen LogP contribution < -0.4 is 5.32 Å². The van der Waals surface area contributed by atoms with Gasteiger partial charge in [-0.2, -0.15) is 0 Å². The Morgan fingerprint density at radius 2 is 1.87 bits per heavy atom. The fraction of sp³-hybridized carbons (Fsp3) is 0.286. The molecule has 0 bridgehead atoms. The number of nitrogens with zero attached hydrogens (tertiary/aromatic N) is 1. The molecule has 0 spiro atoms. The molecule has 2 aromatic carbocycles. The molecule has 1 saturated heterocycles. The van der Waals surface area contributed by atoms with Gasteiger partial charge >= 0.3 is 0 Å². The van der Waals surface area contributed by atoms with Gasteiger partial charge in [-0.3, -0.25) is 4.79 Å². The number of fused-ring (bicyclic) bond motifs is 1. The average Bonchev–Trinajstić information content (AvgIpc) is 3.10. The van der Waals surface area contributed by atoms with E-state index in [2.05, 4.69) is 10.3 Å². The van der Waals surface area contributed by atoms with E-state index < -0.39 is 27.6 Å². The highest BCUT2D eigenvalue weighted by atomic mass is 32.2. The van der Waals surface area contributed by atoms with Crippen molar-refractivity contribution in [1.82, 2.24) is 9.29 Å². The molecule has 158 valence electrons. The molecule has 1 amide bonds. The zero-order valence-corrected chi connectivity index (χ0v) is 17.1. The SMILES string of the molecule is CS(=O)(=O)N1CCCC(c2ccc3[nH]c(C(=O)Nc4cc(F)cc(F)c4)cc3c2)C1. The Balaban J connectivity index is 1.55. The first-order chi connectivity index (χ1) is 14.2. The van der Waals surface area contributed by atoms with E-state index in [1.54, 1.807) is 6.07 Å². The Hall–Kier alpha value is -2.78. The summed E-state index contributed by atoms with van der Waals surface area (Å²) in [5.74, 6) is -1.98. The number of H-pyrrole nitrogens is 1. The lowest BCUT2D eigenvalue weighted by molar-refractivity contribution is 0.102. The average molecular weight is 433 g/mol. The summed E-state index contributed by atoms with van der Waals surface area (Å²) in [6.07, 6.45) is 2.90. The summed E-state index contributed by atoms with van der Waals surface area (Å²) in [6, 6.07) is 10.2. The van der Waals surface area contributed by atoms with Crippen molar-refractivity contribution in [1.29, 1.82) is 0 Å². The lowest BCUT2D eigenvalue weighted by Crippen LogP contribution is -2.38. The van der Waals surface area contributed by atoms with Gasteiger partial charge in [-0.15, -0.1) is 0 Å². The second kappa shape index (κ2) is 7.81. The molecule has 30 heavy (non-hydrogen) atoms. The lowest BCUT2D eigenvalue weighted by atomic mass is 9.91. The van der Waals surface area contributed by atoms with Crippen LogP contribution >= 0.6 is 0 Å². The maximum absolute atomic E-state index is 13.3. The van der Waals surface area contributed by atoms with E-state index in [-0.39, 0.29) is 17.3 Å². The molecule has 1 aliphatic rings. The van der Waals surface area contributed by atoms with Gasteiger partial charge in [0.1, 0.15) is 17.3 Å². The molecule has 0 saturated carbocycles. The van der Waals surface area contributed by atoms with Crippen molar-refractivity contribution in [3.8, 4) is 0 Å². The third kappa shape index (κ3) is 4.36. The van der Waals surface area contributed by atoms with Crippen LogP contribution in [-0.2, 0) is 10.0 Å². The first-order valence-electron chi connectivity index (χ1n) is 9.54. The molecular weight excluding hydrogens is 412 g/mol. The summed E-state index contributed by atoms with van der Waals surface area (Å²) in [5.41, 5.74) is 2.03. The van der Waals surface area contributed by atoms with Crippen molar-refractivity contribution in [3.63, 3.8) is 0 Å². The van der Waals surface area contributed by atoms with E-state index in [0.29, 0.717) is 13.1 Å². The summed E-state index contributed by atoms with van der Waals surface area (Å²) < 4.78 is 51.9. The van der Waals surface area contributed by atoms with Crippen LogP contribution in [0.3, 0.4) is 0 Å². The van der Waals surface area contributed by atoms with E-state index in [9.17, 15) is 22.0 Å². The predicted molar refractivity (Wildman–Crippen MR) is 111 cm³/mol. The molecule has 1 aliphatic heterocycles. The number of sulfonamides is 1. The molecule has 0 radical (unpaired) electrons. The quantitative estimate of drug-likeness (QED) is 0.656. The number of carbonyl (C=O) groups excluding carboxylic acids is 1. The third-order valence-corrected chi connectivity index (χ3v) is 6.60. The van der Waals surface area contributed by atoms with E-state index in [1.165, 1.54) is 10.6 Å². The molecule has 9 heteroatoms. The Labute approximate surface area is 172 Å². The largest absolute Gasteiger partial charge is 0.351 e. The molecule has 1 fully saturated rings. The number of amides is 1. The second-order valence-electron chi connectivity index (χ2n) is 7.60. The van der Waals surface area contributed by atoms with Crippen LogP contribution in [0.25, 0.3) is 10.9 Å². The fourth-order valence-corrected chi connectivity index (χ4v) is 4.78. The number of carbonyl (C=O) groups is 1. The molecule has 2 heterocycles. The first-order valence-corrected chi connectivity index (χ1v) is 11.4. The zero-order chi connectivity index (χ0) is 21.5. The zero-order valence-electron chi connectivity index (χ0n) is 16.3. The number of hydrogen-bond acceptors (Lipinski definition) is 3. The van der Waals surface area contributed by atoms with Gasteiger partial charge in [-0.05, 0) is 54.7 Å². The Bertz CT molecular complexity index is 1200. The summed E-state index contributed by atoms with van der Waals surface area (Å²) in [4.78, 5) is 15.5. The molecule has 1 aromatic heterocycles. The van der Waals surface area contributed by atoms with Crippen LogP contribution in [0, 0.1) is 11.6 Å². The number of aromatic nitrogens is 1. The Kier molecular flexibility index (Phi) is 5.33. The topological polar surface area (TPSA) is 82.3 Å². The second-order valence-corrected chi connectivity index (χ2v) is 9.58.